The number of anilines is 2. The number of hydrogen-bond donors (Lipinski definition) is 2. The van der Waals surface area contributed by atoms with Crippen LogP contribution in [0.5, 0.6) is 0 Å². The second-order valence-electron chi connectivity index (χ2n) is 8.27. The van der Waals surface area contributed by atoms with Crippen LogP contribution in [-0.2, 0) is 19.6 Å². The van der Waals surface area contributed by atoms with Gasteiger partial charge in [-0.3, -0.25) is 9.52 Å². The Bertz CT molecular complexity index is 1120. The molecule has 178 valence electrons. The fourth-order valence-corrected chi connectivity index (χ4v) is 4.82. The number of rotatable bonds is 8. The highest BCUT2D eigenvalue weighted by molar-refractivity contribution is 7.92. The van der Waals surface area contributed by atoms with Gasteiger partial charge in [0.05, 0.1) is 29.3 Å². The van der Waals surface area contributed by atoms with Crippen molar-refractivity contribution in [3.63, 3.8) is 0 Å². The van der Waals surface area contributed by atoms with Crippen molar-refractivity contribution in [3.05, 3.63) is 47.7 Å². The third kappa shape index (κ3) is 5.81. The normalized spacial score (nSPS) is 16.5. The smallest absolute Gasteiger partial charge is 0.339 e. The largest absolute Gasteiger partial charge is 0.478 e. The predicted molar refractivity (Wildman–Crippen MR) is 124 cm³/mol. The van der Waals surface area contributed by atoms with E-state index in [0.29, 0.717) is 25.9 Å². The van der Waals surface area contributed by atoms with Gasteiger partial charge in [0.1, 0.15) is 11.4 Å². The molecule has 1 aliphatic heterocycles. The lowest BCUT2D eigenvalue weighted by Gasteiger charge is -2.33. The van der Waals surface area contributed by atoms with Crippen LogP contribution < -0.4 is 9.62 Å². The molecule has 0 aliphatic carbocycles. The molecule has 1 saturated heterocycles. The highest BCUT2D eigenvalue weighted by Gasteiger charge is 2.30. The lowest BCUT2D eigenvalue weighted by atomic mass is 9.98. The Morgan fingerprint density at radius 2 is 1.97 bits per heavy atom. The summed E-state index contributed by atoms with van der Waals surface area (Å²) >= 11 is 0. The maximum absolute atomic E-state index is 12.8. The first-order valence-electron chi connectivity index (χ1n) is 10.9. The summed E-state index contributed by atoms with van der Waals surface area (Å²) in [5.74, 6) is -1.46. The van der Waals surface area contributed by atoms with Crippen molar-refractivity contribution in [3.8, 4) is 0 Å². The number of nitrogens with one attached hydrogen (secondary N) is 1. The minimum Gasteiger partial charge on any atom is -0.478 e. The Morgan fingerprint density at radius 1 is 1.27 bits per heavy atom. The summed E-state index contributed by atoms with van der Waals surface area (Å²) in [7, 11) is -3.92. The lowest BCUT2D eigenvalue weighted by molar-refractivity contribution is -0.148. The Kier molecular flexibility index (Phi) is 7.57. The van der Waals surface area contributed by atoms with Crippen molar-refractivity contribution in [2.45, 2.75) is 44.4 Å². The van der Waals surface area contributed by atoms with E-state index in [2.05, 4.69) is 9.71 Å². The van der Waals surface area contributed by atoms with E-state index in [0.717, 1.165) is 5.56 Å². The van der Waals surface area contributed by atoms with E-state index in [4.69, 9.17) is 4.74 Å². The summed E-state index contributed by atoms with van der Waals surface area (Å²) in [6, 6.07) is 7.78. The number of carbonyl (C=O) groups excluding carboxylic acids is 1. The van der Waals surface area contributed by atoms with E-state index in [1.54, 1.807) is 24.0 Å². The molecule has 2 N–H and O–H groups in total. The van der Waals surface area contributed by atoms with Gasteiger partial charge in [-0.05, 0) is 49.4 Å². The van der Waals surface area contributed by atoms with Crippen LogP contribution in [0.4, 0.5) is 11.5 Å². The number of hydrogen-bond acceptors (Lipinski definition) is 7. The van der Waals surface area contributed by atoms with Crippen LogP contribution >= 0.6 is 0 Å². The van der Waals surface area contributed by atoms with Crippen LogP contribution in [0.2, 0.25) is 0 Å². The van der Waals surface area contributed by atoms with E-state index < -0.39 is 16.0 Å². The maximum atomic E-state index is 12.8. The van der Waals surface area contributed by atoms with E-state index in [1.165, 1.54) is 24.4 Å². The number of piperidine rings is 1. The molecule has 1 aromatic heterocycles. The second-order valence-corrected chi connectivity index (χ2v) is 9.95. The third-order valence-electron chi connectivity index (χ3n) is 5.55. The molecular formula is C23H29N3O6S. The van der Waals surface area contributed by atoms with Gasteiger partial charge in [0, 0.05) is 13.1 Å². The van der Waals surface area contributed by atoms with Crippen molar-refractivity contribution in [2.24, 2.45) is 5.92 Å². The number of pyridine rings is 1. The number of sulfonamides is 1. The molecule has 2 aromatic rings. The van der Waals surface area contributed by atoms with Crippen molar-refractivity contribution in [1.82, 2.24) is 4.98 Å². The fourth-order valence-electron chi connectivity index (χ4n) is 3.79. The van der Waals surface area contributed by atoms with Gasteiger partial charge in [-0.25, -0.2) is 18.2 Å². The van der Waals surface area contributed by atoms with Crippen LogP contribution in [0.3, 0.4) is 0 Å². The minimum atomic E-state index is -3.92. The van der Waals surface area contributed by atoms with Crippen LogP contribution in [0, 0.1) is 5.92 Å². The second kappa shape index (κ2) is 10.2. The van der Waals surface area contributed by atoms with Crippen molar-refractivity contribution < 1.29 is 27.9 Å². The van der Waals surface area contributed by atoms with Crippen molar-refractivity contribution in [1.29, 1.82) is 0 Å². The van der Waals surface area contributed by atoms with Gasteiger partial charge in [0.15, 0.2) is 0 Å². The molecule has 33 heavy (non-hydrogen) atoms. The van der Waals surface area contributed by atoms with Gasteiger partial charge in [-0.1, -0.05) is 26.0 Å². The molecule has 9 nitrogen and oxygen atoms in total. The first-order chi connectivity index (χ1) is 15.6. The van der Waals surface area contributed by atoms with Gasteiger partial charge in [-0.15, -0.1) is 0 Å². The number of esters is 1. The summed E-state index contributed by atoms with van der Waals surface area (Å²) in [6.45, 7) is 6.87. The first kappa shape index (κ1) is 24.5. The number of ether oxygens (including phenoxy) is 1. The number of benzene rings is 1. The molecule has 0 unspecified atom stereocenters. The SMILES string of the molecule is CCOC(=O)[C@@H]1CCCN(c2ncc(NS(=O)(=O)c3ccc(C(C)C)cc3)cc2C(=O)O)C1. The lowest BCUT2D eigenvalue weighted by Crippen LogP contribution is -2.40. The molecule has 0 amide bonds. The Balaban J connectivity index is 1.84. The number of carboxylic acids is 1. The quantitative estimate of drug-likeness (QED) is 0.556. The van der Waals surface area contributed by atoms with E-state index in [1.807, 2.05) is 13.8 Å². The number of aromatic nitrogens is 1. The van der Waals surface area contributed by atoms with Crippen molar-refractivity contribution in [2.75, 3.05) is 29.3 Å². The minimum absolute atomic E-state index is 0.0445. The Morgan fingerprint density at radius 3 is 2.58 bits per heavy atom. The Labute approximate surface area is 193 Å². The summed E-state index contributed by atoms with van der Waals surface area (Å²) in [5.41, 5.74) is 0.911. The van der Waals surface area contributed by atoms with E-state index in [-0.39, 0.29) is 46.4 Å². The molecule has 1 aliphatic rings. The zero-order valence-electron chi connectivity index (χ0n) is 18.9. The van der Waals surface area contributed by atoms with Crippen molar-refractivity contribution >= 4 is 33.5 Å². The van der Waals surface area contributed by atoms with Gasteiger partial charge in [0.25, 0.3) is 10.0 Å². The number of nitrogens with zero attached hydrogens (tertiary/aromatic N) is 2. The molecule has 0 radical (unpaired) electrons. The van der Waals surface area contributed by atoms with Gasteiger partial charge in [0.2, 0.25) is 0 Å². The summed E-state index contributed by atoms with van der Waals surface area (Å²) < 4.78 is 33.1. The highest BCUT2D eigenvalue weighted by Crippen LogP contribution is 2.28. The Hall–Kier alpha value is -3.14. The number of aromatic carboxylic acids is 1. The molecule has 2 heterocycles. The standard InChI is InChI=1S/C23H29N3O6S/c1-4-32-23(29)17-6-5-11-26(14-17)21-20(22(27)28)12-18(13-24-21)25-33(30,31)19-9-7-16(8-10-19)15(2)3/h7-10,12-13,15,17,25H,4-6,11,14H2,1-3H3,(H,27,28)/t17-/m1/s1. The zero-order valence-corrected chi connectivity index (χ0v) is 19.8. The van der Waals surface area contributed by atoms with Gasteiger partial charge in [-0.2, -0.15) is 0 Å². The molecule has 0 bridgehead atoms. The predicted octanol–water partition coefficient (Wildman–Crippen LogP) is 3.48. The molecule has 0 saturated carbocycles. The maximum Gasteiger partial charge on any atom is 0.339 e. The average Bonchev–Trinajstić information content (AvgIpc) is 2.79. The zero-order chi connectivity index (χ0) is 24.2. The summed E-state index contributed by atoms with van der Waals surface area (Å²) in [4.78, 5) is 30.1. The number of carboxylic acid groups (broad SMARTS) is 1. The van der Waals surface area contributed by atoms with Gasteiger partial charge >= 0.3 is 11.9 Å². The topological polar surface area (TPSA) is 126 Å². The highest BCUT2D eigenvalue weighted by atomic mass is 32.2. The van der Waals surface area contributed by atoms with E-state index in [9.17, 15) is 23.1 Å². The van der Waals surface area contributed by atoms with Gasteiger partial charge < -0.3 is 14.7 Å². The molecule has 1 atom stereocenters. The molecule has 1 fully saturated rings. The van der Waals surface area contributed by atoms with Crippen LogP contribution in [-0.4, -0.2) is 50.1 Å². The number of carbonyl (C=O) groups is 2. The summed E-state index contributed by atoms with van der Waals surface area (Å²) in [6.07, 6.45) is 2.63. The third-order valence-corrected chi connectivity index (χ3v) is 6.94. The van der Waals surface area contributed by atoms with E-state index >= 15 is 0 Å². The van der Waals surface area contributed by atoms with Crippen LogP contribution in [0.15, 0.2) is 41.4 Å². The molecule has 3 rings (SSSR count). The fraction of sp³-hybridized carbons (Fsp3) is 0.435. The molecular weight excluding hydrogens is 446 g/mol. The molecule has 1 aromatic carbocycles. The van der Waals surface area contributed by atoms with Crippen LogP contribution in [0.25, 0.3) is 0 Å². The monoisotopic (exact) mass is 475 g/mol. The average molecular weight is 476 g/mol. The summed E-state index contributed by atoms with van der Waals surface area (Å²) in [5, 5.41) is 9.74. The molecule has 10 heteroatoms. The molecule has 0 spiro atoms. The first-order valence-corrected chi connectivity index (χ1v) is 12.4. The van der Waals surface area contributed by atoms with Crippen LogP contribution in [0.1, 0.15) is 55.5 Å².